The third kappa shape index (κ3) is 4.65. The lowest BCUT2D eigenvalue weighted by molar-refractivity contribution is -0.120. The van der Waals surface area contributed by atoms with Gasteiger partial charge in [-0.3, -0.25) is 10.2 Å². The molecule has 0 aliphatic carbocycles. The van der Waals surface area contributed by atoms with E-state index in [-0.39, 0.29) is 5.91 Å². The Hall–Kier alpha value is -1.04. The number of hydrogen-bond donors (Lipinski definition) is 3. The normalized spacial score (nSPS) is 10.1. The molecule has 88 valence electrons. The van der Waals surface area contributed by atoms with E-state index in [9.17, 15) is 4.79 Å². The minimum atomic E-state index is -0.176. The van der Waals surface area contributed by atoms with E-state index in [0.29, 0.717) is 13.0 Å². The van der Waals surface area contributed by atoms with Crippen LogP contribution in [0.1, 0.15) is 11.1 Å². The van der Waals surface area contributed by atoms with Crippen LogP contribution >= 0.6 is 11.8 Å². The summed E-state index contributed by atoms with van der Waals surface area (Å²) in [5.41, 5.74) is 9.74. The highest BCUT2D eigenvalue weighted by atomic mass is 32.2. The summed E-state index contributed by atoms with van der Waals surface area (Å²) in [5, 5.41) is 0. The number of benzene rings is 1. The molecule has 1 aromatic rings. The van der Waals surface area contributed by atoms with Crippen molar-refractivity contribution in [2.45, 2.75) is 12.2 Å². The number of hydrogen-bond acceptors (Lipinski definition) is 4. The fourth-order valence-electron chi connectivity index (χ4n) is 1.26. The Labute approximate surface area is 99.7 Å². The number of carbonyl (C=O) groups excluding carboxylic acids is 1. The second-order valence-electron chi connectivity index (χ2n) is 3.40. The van der Waals surface area contributed by atoms with Gasteiger partial charge in [-0.15, -0.1) is 0 Å². The first kappa shape index (κ1) is 13.0. The van der Waals surface area contributed by atoms with Gasteiger partial charge in [-0.1, -0.05) is 24.3 Å². The maximum Gasteiger partial charge on any atom is 0.238 e. The van der Waals surface area contributed by atoms with Crippen LogP contribution in [-0.4, -0.2) is 18.2 Å². The van der Waals surface area contributed by atoms with Gasteiger partial charge in [-0.25, -0.2) is 5.84 Å². The number of carbonyl (C=O) groups is 1. The minimum absolute atomic E-state index is 0.176. The second kappa shape index (κ2) is 7.27. The molecular weight excluding hydrogens is 222 g/mol. The molecule has 0 atom stereocenters. The average molecular weight is 239 g/mol. The molecule has 0 radical (unpaired) electrons. The zero-order chi connectivity index (χ0) is 11.8. The van der Waals surface area contributed by atoms with E-state index >= 15 is 0 Å². The first-order chi connectivity index (χ1) is 7.76. The van der Waals surface area contributed by atoms with E-state index in [4.69, 9.17) is 11.6 Å². The number of nitrogens with one attached hydrogen (secondary N) is 1. The van der Waals surface area contributed by atoms with Crippen molar-refractivity contribution in [3.63, 3.8) is 0 Å². The van der Waals surface area contributed by atoms with Crippen molar-refractivity contribution in [2.75, 3.05) is 12.3 Å². The molecule has 5 heteroatoms. The van der Waals surface area contributed by atoms with Crippen LogP contribution in [-0.2, 0) is 17.0 Å². The Morgan fingerprint density at radius 3 is 2.44 bits per heavy atom. The van der Waals surface area contributed by atoms with Crippen LogP contribution in [0.15, 0.2) is 24.3 Å². The van der Waals surface area contributed by atoms with E-state index in [0.717, 1.165) is 17.1 Å². The van der Waals surface area contributed by atoms with Gasteiger partial charge in [-0.05, 0) is 11.1 Å². The highest BCUT2D eigenvalue weighted by Gasteiger charge is 2.01. The van der Waals surface area contributed by atoms with Gasteiger partial charge in [0.15, 0.2) is 0 Å². The van der Waals surface area contributed by atoms with Gasteiger partial charge in [0.05, 0.1) is 6.42 Å². The summed E-state index contributed by atoms with van der Waals surface area (Å²) in [6, 6.07) is 7.96. The topological polar surface area (TPSA) is 81.1 Å². The van der Waals surface area contributed by atoms with E-state index in [1.165, 1.54) is 5.56 Å². The minimum Gasteiger partial charge on any atom is -0.330 e. The molecule has 0 spiro atoms. The van der Waals surface area contributed by atoms with E-state index < -0.39 is 0 Å². The molecular formula is C11H17N3OS. The standard InChI is InChI=1S/C11H17N3OS/c12-5-6-16-8-10-3-1-9(2-4-10)7-11(15)14-13/h1-4H,5-8,12-13H2,(H,14,15). The lowest BCUT2D eigenvalue weighted by atomic mass is 10.1. The number of nitrogens with two attached hydrogens (primary N) is 2. The largest absolute Gasteiger partial charge is 0.330 e. The molecule has 1 aromatic carbocycles. The molecule has 0 heterocycles. The first-order valence-corrected chi connectivity index (χ1v) is 6.27. The third-order valence-corrected chi connectivity index (χ3v) is 3.14. The molecule has 0 aromatic heterocycles. The molecule has 0 saturated heterocycles. The average Bonchev–Trinajstić information content (AvgIpc) is 2.31. The lowest BCUT2D eigenvalue weighted by Gasteiger charge is -2.03. The second-order valence-corrected chi connectivity index (χ2v) is 4.51. The molecule has 0 fully saturated rings. The predicted octanol–water partition coefficient (Wildman–Crippen LogP) is 0.411. The quantitative estimate of drug-likeness (QED) is 0.291. The van der Waals surface area contributed by atoms with Gasteiger partial charge in [0, 0.05) is 18.1 Å². The van der Waals surface area contributed by atoms with Gasteiger partial charge < -0.3 is 5.73 Å². The van der Waals surface area contributed by atoms with Crippen LogP contribution < -0.4 is 17.0 Å². The Kier molecular flexibility index (Phi) is 5.92. The smallest absolute Gasteiger partial charge is 0.238 e. The Morgan fingerprint density at radius 1 is 1.25 bits per heavy atom. The maximum atomic E-state index is 11.0. The molecule has 1 rings (SSSR count). The summed E-state index contributed by atoms with van der Waals surface area (Å²) in [5.74, 6) is 6.77. The number of thioether (sulfide) groups is 1. The number of hydrazine groups is 1. The number of amides is 1. The zero-order valence-corrected chi connectivity index (χ0v) is 9.93. The summed E-state index contributed by atoms with van der Waals surface area (Å²) < 4.78 is 0. The van der Waals surface area contributed by atoms with Crippen molar-refractivity contribution < 1.29 is 4.79 Å². The van der Waals surface area contributed by atoms with Crippen molar-refractivity contribution in [2.24, 2.45) is 11.6 Å². The fraction of sp³-hybridized carbons (Fsp3) is 0.364. The number of rotatable bonds is 6. The molecule has 4 nitrogen and oxygen atoms in total. The van der Waals surface area contributed by atoms with Gasteiger partial charge in [-0.2, -0.15) is 11.8 Å². The molecule has 0 aliphatic rings. The van der Waals surface area contributed by atoms with Gasteiger partial charge in [0.1, 0.15) is 0 Å². The molecule has 0 unspecified atom stereocenters. The van der Waals surface area contributed by atoms with Crippen LogP contribution in [0.25, 0.3) is 0 Å². The molecule has 0 bridgehead atoms. The van der Waals surface area contributed by atoms with E-state index in [1.807, 2.05) is 24.3 Å². The van der Waals surface area contributed by atoms with Crippen molar-refractivity contribution in [1.82, 2.24) is 5.43 Å². The van der Waals surface area contributed by atoms with Gasteiger partial charge >= 0.3 is 0 Å². The van der Waals surface area contributed by atoms with Crippen molar-refractivity contribution in [3.05, 3.63) is 35.4 Å². The van der Waals surface area contributed by atoms with Gasteiger partial charge in [0.25, 0.3) is 0 Å². The molecule has 16 heavy (non-hydrogen) atoms. The molecule has 0 aliphatic heterocycles. The summed E-state index contributed by atoms with van der Waals surface area (Å²) in [6.07, 6.45) is 0.326. The lowest BCUT2D eigenvalue weighted by Crippen LogP contribution is -2.31. The van der Waals surface area contributed by atoms with Crippen LogP contribution in [0.4, 0.5) is 0 Å². The maximum absolute atomic E-state index is 11.0. The Morgan fingerprint density at radius 2 is 1.88 bits per heavy atom. The monoisotopic (exact) mass is 239 g/mol. The highest BCUT2D eigenvalue weighted by molar-refractivity contribution is 7.98. The summed E-state index contributed by atoms with van der Waals surface area (Å²) >= 11 is 1.81. The summed E-state index contributed by atoms with van der Waals surface area (Å²) in [4.78, 5) is 11.0. The SMILES string of the molecule is NCCSCc1ccc(CC(=O)NN)cc1. The predicted molar refractivity (Wildman–Crippen MR) is 67.7 cm³/mol. The zero-order valence-electron chi connectivity index (χ0n) is 9.11. The van der Waals surface area contributed by atoms with Crippen LogP contribution in [0.5, 0.6) is 0 Å². The Balaban J connectivity index is 2.44. The summed E-state index contributed by atoms with van der Waals surface area (Å²) in [6.45, 7) is 0.708. The van der Waals surface area contributed by atoms with E-state index in [2.05, 4.69) is 5.43 Å². The molecule has 5 N–H and O–H groups in total. The molecule has 0 saturated carbocycles. The van der Waals surface area contributed by atoms with Crippen molar-refractivity contribution >= 4 is 17.7 Å². The van der Waals surface area contributed by atoms with Crippen molar-refractivity contribution in [1.29, 1.82) is 0 Å². The van der Waals surface area contributed by atoms with Crippen molar-refractivity contribution in [3.8, 4) is 0 Å². The van der Waals surface area contributed by atoms with Crippen LogP contribution in [0.2, 0.25) is 0 Å². The molecule has 1 amide bonds. The highest BCUT2D eigenvalue weighted by Crippen LogP contribution is 2.12. The van der Waals surface area contributed by atoms with Crippen LogP contribution in [0.3, 0.4) is 0 Å². The van der Waals surface area contributed by atoms with Gasteiger partial charge in [0.2, 0.25) is 5.91 Å². The Bertz CT molecular complexity index is 327. The van der Waals surface area contributed by atoms with E-state index in [1.54, 1.807) is 11.8 Å². The fourth-order valence-corrected chi connectivity index (χ4v) is 2.00. The third-order valence-electron chi connectivity index (χ3n) is 2.08. The first-order valence-electron chi connectivity index (χ1n) is 5.11. The summed E-state index contributed by atoms with van der Waals surface area (Å²) in [7, 11) is 0. The van der Waals surface area contributed by atoms with Crippen LogP contribution in [0, 0.1) is 0 Å².